The highest BCUT2D eigenvalue weighted by Gasteiger charge is 2.42. The maximum absolute atomic E-state index is 14.4. The van der Waals surface area contributed by atoms with Gasteiger partial charge in [-0.2, -0.15) is 5.21 Å². The van der Waals surface area contributed by atoms with Crippen LogP contribution in [0.25, 0.3) is 21.8 Å². The summed E-state index contributed by atoms with van der Waals surface area (Å²) in [4.78, 5) is 9.66. The molecule has 1 aliphatic carbocycles. The fraction of sp³-hybridized carbons (Fsp3) is 0.524. The van der Waals surface area contributed by atoms with Crippen LogP contribution in [0.3, 0.4) is 0 Å². The number of hydrogen-bond acceptors (Lipinski definition) is 6. The first kappa shape index (κ1) is 18.7. The number of aromatic nitrogens is 5. The molecule has 0 bridgehead atoms. The van der Waals surface area contributed by atoms with Crippen LogP contribution < -0.4 is 4.90 Å². The topological polar surface area (TPSA) is 70.6 Å². The van der Waals surface area contributed by atoms with E-state index in [0.29, 0.717) is 18.9 Å². The number of thiophene rings is 1. The van der Waals surface area contributed by atoms with E-state index in [4.69, 9.17) is 4.98 Å². The van der Waals surface area contributed by atoms with E-state index < -0.39 is 5.67 Å². The molecule has 1 aliphatic heterocycles. The maximum Gasteiger partial charge on any atom is 0.209 e. The van der Waals surface area contributed by atoms with Crippen molar-refractivity contribution in [3.63, 3.8) is 0 Å². The second kappa shape index (κ2) is 7.16. The smallest absolute Gasteiger partial charge is 0.209 e. The van der Waals surface area contributed by atoms with E-state index in [-0.39, 0.29) is 0 Å². The number of alkyl halides is 1. The van der Waals surface area contributed by atoms with E-state index in [0.717, 1.165) is 49.2 Å². The van der Waals surface area contributed by atoms with Gasteiger partial charge in [-0.3, -0.25) is 0 Å². The summed E-state index contributed by atoms with van der Waals surface area (Å²) in [5.41, 5.74) is 3.34. The van der Waals surface area contributed by atoms with E-state index in [1.807, 2.05) is 16.2 Å². The van der Waals surface area contributed by atoms with Crippen LogP contribution in [0.2, 0.25) is 0 Å². The monoisotopic (exact) mass is 412 g/mol. The Morgan fingerprint density at radius 1 is 1.17 bits per heavy atom. The Hall–Kier alpha value is -2.35. The molecule has 0 spiro atoms. The third kappa shape index (κ3) is 3.33. The summed E-state index contributed by atoms with van der Waals surface area (Å²) >= 11 is 1.82. The number of rotatable bonds is 4. The molecule has 4 heterocycles. The number of halogens is 1. The molecule has 5 rings (SSSR count). The van der Waals surface area contributed by atoms with Crippen LogP contribution >= 0.6 is 11.3 Å². The third-order valence-corrected chi connectivity index (χ3v) is 7.12. The van der Waals surface area contributed by atoms with Crippen LogP contribution in [-0.2, 0) is 19.3 Å². The number of aryl methyl sites for hydroxylation is 2. The molecule has 29 heavy (non-hydrogen) atoms. The van der Waals surface area contributed by atoms with Crippen LogP contribution in [0.1, 0.15) is 49.2 Å². The quantitative estimate of drug-likeness (QED) is 0.645. The summed E-state index contributed by atoms with van der Waals surface area (Å²) in [5, 5.41) is 15.0. The van der Waals surface area contributed by atoms with Gasteiger partial charge in [0.25, 0.3) is 0 Å². The summed E-state index contributed by atoms with van der Waals surface area (Å²) in [7, 11) is 0. The molecule has 1 fully saturated rings. The Kier molecular flexibility index (Phi) is 4.61. The molecule has 0 unspecified atom stereocenters. The van der Waals surface area contributed by atoms with Crippen LogP contribution in [0, 0.1) is 0 Å². The average Bonchev–Trinajstić information content (AvgIpc) is 3.32. The molecule has 1 N–H and O–H groups in total. The van der Waals surface area contributed by atoms with Crippen LogP contribution in [0.5, 0.6) is 0 Å². The summed E-state index contributed by atoms with van der Waals surface area (Å²) in [5.74, 6) is 1.33. The van der Waals surface area contributed by atoms with Crippen molar-refractivity contribution in [1.29, 1.82) is 0 Å². The number of tetrazole rings is 1. The number of fused-ring (bicyclic) bond motifs is 1. The fourth-order valence-electron chi connectivity index (χ4n) is 4.49. The third-order valence-electron chi connectivity index (χ3n) is 5.87. The largest absolute Gasteiger partial charge is 0.349 e. The van der Waals surface area contributed by atoms with Gasteiger partial charge in [0.2, 0.25) is 5.82 Å². The summed E-state index contributed by atoms with van der Waals surface area (Å²) in [6.45, 7) is 4.51. The van der Waals surface area contributed by atoms with Gasteiger partial charge in [-0.15, -0.1) is 21.5 Å². The number of hydrogen-bond donors (Lipinski definition) is 1. The van der Waals surface area contributed by atoms with Crippen molar-refractivity contribution in [3.8, 4) is 21.8 Å². The van der Waals surface area contributed by atoms with Gasteiger partial charge in [-0.1, -0.05) is 13.3 Å². The van der Waals surface area contributed by atoms with Crippen LogP contribution in [0.15, 0.2) is 12.1 Å². The van der Waals surface area contributed by atoms with E-state index in [9.17, 15) is 4.39 Å². The molecule has 0 radical (unpaired) electrons. The molecule has 2 aliphatic rings. The van der Waals surface area contributed by atoms with Crippen molar-refractivity contribution in [1.82, 2.24) is 25.6 Å². The van der Waals surface area contributed by atoms with Gasteiger partial charge in [0.15, 0.2) is 0 Å². The van der Waals surface area contributed by atoms with Crippen molar-refractivity contribution >= 4 is 17.2 Å². The zero-order chi connectivity index (χ0) is 20.0. The number of pyridine rings is 1. The first-order valence-electron chi connectivity index (χ1n) is 10.4. The van der Waals surface area contributed by atoms with Gasteiger partial charge in [-0.05, 0) is 61.9 Å². The minimum atomic E-state index is -1.18. The lowest BCUT2D eigenvalue weighted by Crippen LogP contribution is -2.57. The molecular weight excluding hydrogens is 387 g/mol. The van der Waals surface area contributed by atoms with Crippen molar-refractivity contribution in [2.24, 2.45) is 0 Å². The molecular formula is C21H25FN6S. The predicted molar refractivity (Wildman–Crippen MR) is 113 cm³/mol. The van der Waals surface area contributed by atoms with Crippen molar-refractivity contribution < 1.29 is 4.39 Å². The summed E-state index contributed by atoms with van der Waals surface area (Å²) in [6.07, 6.45) is 6.49. The highest BCUT2D eigenvalue weighted by Crippen LogP contribution is 2.46. The van der Waals surface area contributed by atoms with E-state index in [1.54, 1.807) is 6.92 Å². The lowest BCUT2D eigenvalue weighted by Gasteiger charge is -2.44. The molecule has 3 aromatic rings. The number of aromatic amines is 1. The van der Waals surface area contributed by atoms with E-state index >= 15 is 0 Å². The second-order valence-corrected chi connectivity index (χ2v) is 9.46. The Morgan fingerprint density at radius 3 is 2.69 bits per heavy atom. The SMILES string of the molecule is CCc1ccc(-c2c3c(nc(N4CC(C)(F)C4)c2-c2nn[nH]n2)CCCCC3)s1. The number of nitrogens with one attached hydrogen (secondary N) is 1. The van der Waals surface area contributed by atoms with Crippen molar-refractivity contribution in [2.45, 2.75) is 58.0 Å². The van der Waals surface area contributed by atoms with Crippen molar-refractivity contribution in [2.75, 3.05) is 18.0 Å². The van der Waals surface area contributed by atoms with Crippen LogP contribution in [0.4, 0.5) is 10.2 Å². The standard InChI is InChI=1S/C21H25FN6S/c1-3-13-9-10-16(29-13)17-14-7-5-4-6-8-15(14)23-20(28-11-21(2,22)12-28)18(17)19-24-26-27-25-19/h9-10H,3-8,11-12H2,1-2H3,(H,24,25,26,27). The minimum Gasteiger partial charge on any atom is -0.349 e. The molecule has 0 saturated carbocycles. The summed E-state index contributed by atoms with van der Waals surface area (Å²) < 4.78 is 14.4. The van der Waals surface area contributed by atoms with Gasteiger partial charge in [0.05, 0.1) is 18.7 Å². The molecule has 152 valence electrons. The number of anilines is 1. The molecule has 0 aromatic carbocycles. The Balaban J connectivity index is 1.77. The van der Waals surface area contributed by atoms with Gasteiger partial charge in [-0.25, -0.2) is 9.37 Å². The predicted octanol–water partition coefficient (Wildman–Crippen LogP) is 4.37. The van der Waals surface area contributed by atoms with Gasteiger partial charge >= 0.3 is 0 Å². The number of H-pyrrole nitrogens is 1. The van der Waals surface area contributed by atoms with Gasteiger partial charge in [0, 0.05) is 21.0 Å². The normalized spacial score (nSPS) is 18.2. The molecule has 3 aromatic heterocycles. The maximum atomic E-state index is 14.4. The van der Waals surface area contributed by atoms with E-state index in [2.05, 4.69) is 39.7 Å². The lowest BCUT2D eigenvalue weighted by atomic mass is 9.92. The van der Waals surface area contributed by atoms with Gasteiger partial charge in [0.1, 0.15) is 11.5 Å². The molecule has 1 saturated heterocycles. The first-order chi connectivity index (χ1) is 14.1. The van der Waals surface area contributed by atoms with Gasteiger partial charge < -0.3 is 4.90 Å². The second-order valence-electron chi connectivity index (χ2n) is 8.30. The molecule has 6 nitrogen and oxygen atoms in total. The molecule has 0 amide bonds. The number of nitrogens with zero attached hydrogens (tertiary/aromatic N) is 5. The Morgan fingerprint density at radius 2 is 2.00 bits per heavy atom. The highest BCUT2D eigenvalue weighted by molar-refractivity contribution is 7.15. The Labute approximate surface area is 173 Å². The first-order valence-corrected chi connectivity index (χ1v) is 11.2. The zero-order valence-corrected chi connectivity index (χ0v) is 17.7. The average molecular weight is 413 g/mol. The lowest BCUT2D eigenvalue weighted by molar-refractivity contribution is 0.144. The minimum absolute atomic E-state index is 0.341. The fourth-order valence-corrected chi connectivity index (χ4v) is 5.51. The van der Waals surface area contributed by atoms with Crippen molar-refractivity contribution in [3.05, 3.63) is 28.3 Å². The highest BCUT2D eigenvalue weighted by atomic mass is 32.1. The Bertz CT molecular complexity index is 1020. The summed E-state index contributed by atoms with van der Waals surface area (Å²) in [6, 6.07) is 4.40. The molecule has 0 atom stereocenters. The van der Waals surface area contributed by atoms with E-state index in [1.165, 1.54) is 27.3 Å². The zero-order valence-electron chi connectivity index (χ0n) is 16.8. The van der Waals surface area contributed by atoms with Crippen LogP contribution in [-0.4, -0.2) is 44.4 Å². The molecule has 8 heteroatoms.